The van der Waals surface area contributed by atoms with Crippen LogP contribution in [0, 0.1) is 5.92 Å². The van der Waals surface area contributed by atoms with Gasteiger partial charge in [-0.05, 0) is 18.1 Å². The molecule has 0 unspecified atom stereocenters. The molecule has 0 spiro atoms. The minimum Gasteiger partial charge on any atom is -0.379 e. The molecule has 1 rings (SSSR count). The lowest BCUT2D eigenvalue weighted by Crippen LogP contribution is -2.38. The molecule has 1 aromatic carbocycles. The number of nitrogens with two attached hydrogens (primary N) is 1. The standard InChI is InChI=1S/C13H20N2O2/c1-11(2)10-17-9-8-15(13(14)16)12-6-4-3-5-7-12/h3-7,11H,8-10H2,1-2H3,(H2,14,16). The molecule has 1 aromatic rings. The van der Waals surface area contributed by atoms with Crippen molar-refractivity contribution in [2.45, 2.75) is 13.8 Å². The zero-order valence-electron chi connectivity index (χ0n) is 10.4. The predicted molar refractivity (Wildman–Crippen MR) is 69.0 cm³/mol. The van der Waals surface area contributed by atoms with Gasteiger partial charge in [0.25, 0.3) is 0 Å². The van der Waals surface area contributed by atoms with Crippen molar-refractivity contribution in [3.63, 3.8) is 0 Å². The van der Waals surface area contributed by atoms with Crippen molar-refractivity contribution in [3.8, 4) is 0 Å². The number of nitrogens with zero attached hydrogens (tertiary/aromatic N) is 1. The van der Waals surface area contributed by atoms with E-state index in [1.807, 2.05) is 30.3 Å². The summed E-state index contributed by atoms with van der Waals surface area (Å²) >= 11 is 0. The number of amides is 2. The maximum absolute atomic E-state index is 11.3. The molecule has 0 aliphatic rings. The van der Waals surface area contributed by atoms with Gasteiger partial charge >= 0.3 is 6.03 Å². The minimum atomic E-state index is -0.454. The summed E-state index contributed by atoms with van der Waals surface area (Å²) in [5.41, 5.74) is 6.14. The number of anilines is 1. The third kappa shape index (κ3) is 4.87. The Balaban J connectivity index is 2.48. The van der Waals surface area contributed by atoms with E-state index in [9.17, 15) is 4.79 Å². The smallest absolute Gasteiger partial charge is 0.319 e. The fourth-order valence-corrected chi connectivity index (χ4v) is 1.45. The summed E-state index contributed by atoms with van der Waals surface area (Å²) in [6, 6.07) is 8.91. The van der Waals surface area contributed by atoms with Crippen molar-refractivity contribution in [3.05, 3.63) is 30.3 Å². The normalized spacial score (nSPS) is 10.5. The van der Waals surface area contributed by atoms with Crippen LogP contribution >= 0.6 is 0 Å². The van der Waals surface area contributed by atoms with Crippen LogP contribution in [-0.4, -0.2) is 25.8 Å². The van der Waals surface area contributed by atoms with Crippen LogP contribution in [0.5, 0.6) is 0 Å². The Morgan fingerprint density at radius 3 is 2.53 bits per heavy atom. The van der Waals surface area contributed by atoms with Crippen LogP contribution in [0.15, 0.2) is 30.3 Å². The molecule has 0 atom stereocenters. The number of rotatable bonds is 6. The third-order valence-electron chi connectivity index (χ3n) is 2.24. The Labute approximate surface area is 102 Å². The molecule has 4 heteroatoms. The Hall–Kier alpha value is -1.55. The van der Waals surface area contributed by atoms with E-state index in [1.165, 1.54) is 4.90 Å². The molecule has 0 bridgehead atoms. The fraction of sp³-hybridized carbons (Fsp3) is 0.462. The maximum Gasteiger partial charge on any atom is 0.319 e. The van der Waals surface area contributed by atoms with Gasteiger partial charge in [-0.25, -0.2) is 4.79 Å². The average molecular weight is 236 g/mol. The van der Waals surface area contributed by atoms with E-state index in [-0.39, 0.29) is 0 Å². The molecule has 2 N–H and O–H groups in total. The van der Waals surface area contributed by atoms with Crippen LogP contribution in [0.25, 0.3) is 0 Å². The molecular weight excluding hydrogens is 216 g/mol. The summed E-state index contributed by atoms with van der Waals surface area (Å²) in [5, 5.41) is 0. The first kappa shape index (κ1) is 13.5. The third-order valence-corrected chi connectivity index (χ3v) is 2.24. The minimum absolute atomic E-state index is 0.454. The lowest BCUT2D eigenvalue weighted by atomic mass is 10.2. The predicted octanol–water partition coefficient (Wildman–Crippen LogP) is 2.24. The van der Waals surface area contributed by atoms with Gasteiger partial charge in [-0.15, -0.1) is 0 Å². The first-order valence-corrected chi connectivity index (χ1v) is 5.81. The van der Waals surface area contributed by atoms with E-state index in [2.05, 4.69) is 13.8 Å². The highest BCUT2D eigenvalue weighted by molar-refractivity contribution is 5.90. The summed E-state index contributed by atoms with van der Waals surface area (Å²) in [6.45, 7) is 5.84. The number of carbonyl (C=O) groups is 1. The highest BCUT2D eigenvalue weighted by Crippen LogP contribution is 2.12. The Morgan fingerprint density at radius 1 is 1.35 bits per heavy atom. The van der Waals surface area contributed by atoms with Crippen molar-refractivity contribution in [2.24, 2.45) is 11.7 Å². The molecule has 0 aromatic heterocycles. The summed E-state index contributed by atoms with van der Waals surface area (Å²) < 4.78 is 5.45. The number of ether oxygens (including phenoxy) is 1. The van der Waals surface area contributed by atoms with E-state index in [4.69, 9.17) is 10.5 Å². The molecular formula is C13H20N2O2. The molecule has 2 amide bonds. The molecule has 0 saturated heterocycles. The van der Waals surface area contributed by atoms with Gasteiger partial charge in [-0.1, -0.05) is 32.0 Å². The molecule has 4 nitrogen and oxygen atoms in total. The van der Waals surface area contributed by atoms with Gasteiger partial charge in [-0.3, -0.25) is 4.90 Å². The lowest BCUT2D eigenvalue weighted by Gasteiger charge is -2.20. The molecule has 0 aliphatic heterocycles. The number of para-hydroxylation sites is 1. The summed E-state index contributed by atoms with van der Waals surface area (Å²) in [4.78, 5) is 12.8. The molecule has 0 saturated carbocycles. The second-order valence-electron chi connectivity index (χ2n) is 4.29. The van der Waals surface area contributed by atoms with Crippen molar-refractivity contribution in [1.82, 2.24) is 0 Å². The van der Waals surface area contributed by atoms with E-state index in [1.54, 1.807) is 0 Å². The maximum atomic E-state index is 11.3. The molecule has 0 heterocycles. The first-order chi connectivity index (χ1) is 8.11. The molecule has 94 valence electrons. The van der Waals surface area contributed by atoms with E-state index in [0.29, 0.717) is 25.7 Å². The van der Waals surface area contributed by atoms with Gasteiger partial charge in [0.15, 0.2) is 0 Å². The zero-order valence-corrected chi connectivity index (χ0v) is 10.4. The lowest BCUT2D eigenvalue weighted by molar-refractivity contribution is 0.116. The number of hydrogen-bond acceptors (Lipinski definition) is 2. The number of primary amides is 1. The fourth-order valence-electron chi connectivity index (χ4n) is 1.45. The van der Waals surface area contributed by atoms with Crippen molar-refractivity contribution in [1.29, 1.82) is 0 Å². The topological polar surface area (TPSA) is 55.6 Å². The number of hydrogen-bond donors (Lipinski definition) is 1. The quantitative estimate of drug-likeness (QED) is 0.770. The average Bonchev–Trinajstić information content (AvgIpc) is 2.29. The van der Waals surface area contributed by atoms with Gasteiger partial charge in [0.1, 0.15) is 0 Å². The van der Waals surface area contributed by atoms with E-state index < -0.39 is 6.03 Å². The molecule has 0 fully saturated rings. The second-order valence-corrected chi connectivity index (χ2v) is 4.29. The molecule has 17 heavy (non-hydrogen) atoms. The molecule has 0 aliphatic carbocycles. The number of urea groups is 1. The Morgan fingerprint density at radius 2 is 2.00 bits per heavy atom. The number of carbonyl (C=O) groups excluding carboxylic acids is 1. The highest BCUT2D eigenvalue weighted by atomic mass is 16.5. The van der Waals surface area contributed by atoms with Crippen LogP contribution < -0.4 is 10.6 Å². The Bertz CT molecular complexity index is 339. The Kier molecular flexibility index (Phi) is 5.49. The van der Waals surface area contributed by atoms with Gasteiger partial charge in [-0.2, -0.15) is 0 Å². The van der Waals surface area contributed by atoms with Gasteiger partial charge < -0.3 is 10.5 Å². The summed E-state index contributed by atoms with van der Waals surface area (Å²) in [7, 11) is 0. The van der Waals surface area contributed by atoms with Crippen LogP contribution in [0.3, 0.4) is 0 Å². The van der Waals surface area contributed by atoms with Crippen LogP contribution in [0.4, 0.5) is 10.5 Å². The summed E-state index contributed by atoms with van der Waals surface area (Å²) in [6.07, 6.45) is 0. The van der Waals surface area contributed by atoms with Crippen LogP contribution in [0.1, 0.15) is 13.8 Å². The monoisotopic (exact) mass is 236 g/mol. The molecule has 0 radical (unpaired) electrons. The van der Waals surface area contributed by atoms with Crippen molar-refractivity contribution >= 4 is 11.7 Å². The van der Waals surface area contributed by atoms with Gasteiger partial charge in [0, 0.05) is 12.3 Å². The van der Waals surface area contributed by atoms with Gasteiger partial charge in [0.05, 0.1) is 13.2 Å². The van der Waals surface area contributed by atoms with E-state index in [0.717, 1.165) is 5.69 Å². The SMILES string of the molecule is CC(C)COCCN(C(N)=O)c1ccccc1. The van der Waals surface area contributed by atoms with Crippen LogP contribution in [0.2, 0.25) is 0 Å². The van der Waals surface area contributed by atoms with Crippen molar-refractivity contribution < 1.29 is 9.53 Å². The summed E-state index contributed by atoms with van der Waals surface area (Å²) in [5.74, 6) is 0.494. The van der Waals surface area contributed by atoms with Gasteiger partial charge in [0.2, 0.25) is 0 Å². The largest absolute Gasteiger partial charge is 0.379 e. The second kappa shape index (κ2) is 6.91. The zero-order chi connectivity index (χ0) is 12.7. The number of benzene rings is 1. The first-order valence-electron chi connectivity index (χ1n) is 5.81. The van der Waals surface area contributed by atoms with Crippen molar-refractivity contribution in [2.75, 3.05) is 24.7 Å². The van der Waals surface area contributed by atoms with Crippen LogP contribution in [-0.2, 0) is 4.74 Å². The van der Waals surface area contributed by atoms with E-state index >= 15 is 0 Å². The highest BCUT2D eigenvalue weighted by Gasteiger charge is 2.11.